The van der Waals surface area contributed by atoms with Gasteiger partial charge in [-0.3, -0.25) is 4.79 Å². The van der Waals surface area contributed by atoms with E-state index in [0.717, 1.165) is 10.9 Å². The average Bonchev–Trinajstić information content (AvgIpc) is 2.75. The van der Waals surface area contributed by atoms with Crippen LogP contribution in [-0.4, -0.2) is 26.7 Å². The van der Waals surface area contributed by atoms with Crippen LogP contribution in [0.4, 0.5) is 4.39 Å². The van der Waals surface area contributed by atoms with Gasteiger partial charge in [0.05, 0.1) is 5.52 Å². The molecule has 2 aromatic rings. The Kier molecular flexibility index (Phi) is 2.47. The van der Waals surface area contributed by atoms with E-state index >= 15 is 0 Å². The Bertz CT molecular complexity index is 750. The Labute approximate surface area is 126 Å². The Morgan fingerprint density at radius 3 is 2.86 bits per heavy atom. The second kappa shape index (κ2) is 3.97. The number of alkyl halides is 1. The SMILES string of the molecule is CCn1c(C(=O)NC23CC(F)(C2)C3)cc2ccnc(Cl)c21. The molecule has 6 heteroatoms. The smallest absolute Gasteiger partial charge is 0.268 e. The summed E-state index contributed by atoms with van der Waals surface area (Å²) < 4.78 is 15.4. The monoisotopic (exact) mass is 307 g/mol. The molecule has 0 aromatic carbocycles. The van der Waals surface area contributed by atoms with Gasteiger partial charge in [-0.05, 0) is 19.1 Å². The number of halogens is 2. The number of nitrogens with zero attached hydrogens (tertiary/aromatic N) is 2. The maximum Gasteiger partial charge on any atom is 0.268 e. The van der Waals surface area contributed by atoms with Gasteiger partial charge in [0.25, 0.3) is 5.91 Å². The predicted octanol–water partition coefficient (Wildman–Crippen LogP) is 3.08. The molecule has 0 saturated heterocycles. The molecule has 110 valence electrons. The summed E-state index contributed by atoms with van der Waals surface area (Å²) in [7, 11) is 0. The van der Waals surface area contributed by atoms with Crippen LogP contribution in [0.2, 0.25) is 5.15 Å². The van der Waals surface area contributed by atoms with Crippen LogP contribution < -0.4 is 5.32 Å². The van der Waals surface area contributed by atoms with Gasteiger partial charge in [-0.1, -0.05) is 11.6 Å². The number of nitrogens with one attached hydrogen (secondary N) is 1. The number of pyridine rings is 1. The molecule has 0 unspecified atom stereocenters. The fraction of sp³-hybridized carbons (Fsp3) is 0.467. The van der Waals surface area contributed by atoms with Crippen molar-refractivity contribution < 1.29 is 9.18 Å². The van der Waals surface area contributed by atoms with Gasteiger partial charge in [0.1, 0.15) is 11.4 Å². The topological polar surface area (TPSA) is 46.9 Å². The fourth-order valence-corrected chi connectivity index (χ4v) is 4.06. The van der Waals surface area contributed by atoms with Gasteiger partial charge in [0.15, 0.2) is 5.15 Å². The molecule has 0 radical (unpaired) electrons. The van der Waals surface area contributed by atoms with Crippen molar-refractivity contribution in [1.82, 2.24) is 14.9 Å². The molecule has 2 heterocycles. The lowest BCUT2D eigenvalue weighted by Crippen LogP contribution is -2.76. The average molecular weight is 308 g/mol. The molecule has 1 amide bonds. The van der Waals surface area contributed by atoms with E-state index in [1.54, 1.807) is 6.20 Å². The first kappa shape index (κ1) is 13.1. The molecule has 4 nitrogen and oxygen atoms in total. The highest BCUT2D eigenvalue weighted by Crippen LogP contribution is 2.62. The molecular weight excluding hydrogens is 293 g/mol. The number of amides is 1. The zero-order chi connectivity index (χ0) is 14.8. The van der Waals surface area contributed by atoms with Gasteiger partial charge >= 0.3 is 0 Å². The second-order valence-corrected chi connectivity index (χ2v) is 6.59. The highest BCUT2D eigenvalue weighted by molar-refractivity contribution is 6.34. The first-order valence-electron chi connectivity index (χ1n) is 7.11. The van der Waals surface area contributed by atoms with Crippen molar-refractivity contribution in [3.05, 3.63) is 29.2 Å². The number of carbonyl (C=O) groups excluding carboxylic acids is 1. The summed E-state index contributed by atoms with van der Waals surface area (Å²) in [5.74, 6) is -0.161. The molecule has 0 aliphatic heterocycles. The van der Waals surface area contributed by atoms with Gasteiger partial charge < -0.3 is 9.88 Å². The summed E-state index contributed by atoms with van der Waals surface area (Å²) in [6.07, 6.45) is 2.96. The zero-order valence-electron chi connectivity index (χ0n) is 11.6. The van der Waals surface area contributed by atoms with Crippen LogP contribution in [0.5, 0.6) is 0 Å². The van der Waals surface area contributed by atoms with Crippen LogP contribution >= 0.6 is 11.6 Å². The third-order valence-corrected chi connectivity index (χ3v) is 4.93. The highest BCUT2D eigenvalue weighted by atomic mass is 35.5. The standard InChI is InChI=1S/C15H15ClFN3O/c1-2-20-10(5-9-3-4-18-12(16)11(9)20)13(21)19-15-6-14(17,7-15)8-15/h3-5H,2,6-8H2,1H3,(H,19,21). The molecule has 3 fully saturated rings. The van der Waals surface area contributed by atoms with E-state index in [0.29, 0.717) is 36.7 Å². The summed E-state index contributed by atoms with van der Waals surface area (Å²) in [6.45, 7) is 2.58. The van der Waals surface area contributed by atoms with E-state index in [1.807, 2.05) is 23.6 Å². The lowest BCUT2D eigenvalue weighted by molar-refractivity contribution is -0.162. The molecule has 3 aliphatic rings. The molecular formula is C15H15ClFN3O. The van der Waals surface area contributed by atoms with Gasteiger partial charge in [-0.2, -0.15) is 0 Å². The minimum absolute atomic E-state index is 0.161. The predicted molar refractivity (Wildman–Crippen MR) is 78.3 cm³/mol. The molecule has 2 bridgehead atoms. The first-order valence-corrected chi connectivity index (χ1v) is 7.48. The lowest BCUT2D eigenvalue weighted by atomic mass is 9.47. The number of carbonyl (C=O) groups is 1. The van der Waals surface area contributed by atoms with E-state index in [9.17, 15) is 9.18 Å². The molecule has 21 heavy (non-hydrogen) atoms. The van der Waals surface area contributed by atoms with Crippen LogP contribution in [0.1, 0.15) is 36.7 Å². The van der Waals surface area contributed by atoms with Gasteiger partial charge in [-0.15, -0.1) is 0 Å². The number of rotatable bonds is 3. The first-order chi connectivity index (χ1) is 9.95. The molecule has 5 rings (SSSR count). The molecule has 3 saturated carbocycles. The number of hydrogen-bond donors (Lipinski definition) is 1. The van der Waals surface area contributed by atoms with Crippen molar-refractivity contribution in [2.24, 2.45) is 0 Å². The molecule has 0 spiro atoms. The molecule has 0 atom stereocenters. The van der Waals surface area contributed by atoms with Crippen LogP contribution in [0, 0.1) is 0 Å². The number of aromatic nitrogens is 2. The minimum Gasteiger partial charge on any atom is -0.345 e. The summed E-state index contributed by atoms with van der Waals surface area (Å²) in [5, 5.41) is 4.27. The lowest BCUT2D eigenvalue weighted by Gasteiger charge is -2.65. The van der Waals surface area contributed by atoms with Crippen molar-refractivity contribution >= 4 is 28.4 Å². The third-order valence-electron chi connectivity index (χ3n) is 4.66. The van der Waals surface area contributed by atoms with Crippen molar-refractivity contribution in [3.8, 4) is 0 Å². The van der Waals surface area contributed by atoms with Gasteiger partial charge in [0, 0.05) is 42.9 Å². The maximum atomic E-state index is 13.6. The van der Waals surface area contributed by atoms with E-state index in [2.05, 4.69) is 10.3 Å². The summed E-state index contributed by atoms with van der Waals surface area (Å²) >= 11 is 6.14. The molecule has 2 aromatic heterocycles. The Morgan fingerprint density at radius 1 is 1.52 bits per heavy atom. The van der Waals surface area contributed by atoms with Crippen LogP contribution in [0.15, 0.2) is 18.3 Å². The quantitative estimate of drug-likeness (QED) is 0.886. The summed E-state index contributed by atoms with van der Waals surface area (Å²) in [4.78, 5) is 16.6. The Morgan fingerprint density at radius 2 is 2.24 bits per heavy atom. The summed E-state index contributed by atoms with van der Waals surface area (Å²) in [5.41, 5.74) is -0.00709. The van der Waals surface area contributed by atoms with Gasteiger partial charge in [0.2, 0.25) is 0 Å². The van der Waals surface area contributed by atoms with Crippen molar-refractivity contribution in [2.45, 2.75) is 43.9 Å². The Hall–Kier alpha value is -1.62. The molecule has 1 N–H and O–H groups in total. The Balaban J connectivity index is 1.70. The van der Waals surface area contributed by atoms with E-state index in [-0.39, 0.29) is 11.4 Å². The van der Waals surface area contributed by atoms with Crippen LogP contribution in [-0.2, 0) is 6.54 Å². The maximum absolute atomic E-state index is 13.6. The van der Waals surface area contributed by atoms with Crippen LogP contribution in [0.25, 0.3) is 10.9 Å². The second-order valence-electron chi connectivity index (χ2n) is 6.23. The third kappa shape index (κ3) is 1.73. The minimum atomic E-state index is -1.02. The number of aryl methyl sites for hydroxylation is 1. The largest absolute Gasteiger partial charge is 0.345 e. The molecule has 3 aliphatic carbocycles. The van der Waals surface area contributed by atoms with Crippen molar-refractivity contribution in [2.75, 3.05) is 0 Å². The normalized spacial score (nSPS) is 29.9. The van der Waals surface area contributed by atoms with Gasteiger partial charge in [-0.25, -0.2) is 9.37 Å². The van der Waals surface area contributed by atoms with E-state index in [4.69, 9.17) is 11.6 Å². The highest BCUT2D eigenvalue weighted by Gasteiger charge is 2.69. The fourth-order valence-electron chi connectivity index (χ4n) is 3.79. The number of fused-ring (bicyclic) bond motifs is 1. The van der Waals surface area contributed by atoms with E-state index in [1.165, 1.54) is 0 Å². The van der Waals surface area contributed by atoms with Crippen LogP contribution in [0.3, 0.4) is 0 Å². The zero-order valence-corrected chi connectivity index (χ0v) is 12.4. The summed E-state index contributed by atoms with van der Waals surface area (Å²) in [6, 6.07) is 3.65. The van der Waals surface area contributed by atoms with E-state index < -0.39 is 5.67 Å². The van der Waals surface area contributed by atoms with Crippen molar-refractivity contribution in [3.63, 3.8) is 0 Å². The number of hydrogen-bond acceptors (Lipinski definition) is 2. The van der Waals surface area contributed by atoms with Crippen molar-refractivity contribution in [1.29, 1.82) is 0 Å².